The molecule has 19 heavy (non-hydrogen) atoms. The highest BCUT2D eigenvalue weighted by Gasteiger charge is 2.23. The smallest absolute Gasteiger partial charge is 0.207 e. The SMILES string of the molecule is CCCc1ccc(-n2cc(C)nc2NC2CC2)cc1. The zero-order valence-electron chi connectivity index (χ0n) is 11.7. The minimum atomic E-state index is 0.625. The van der Waals surface area contributed by atoms with Gasteiger partial charge in [-0.15, -0.1) is 0 Å². The molecule has 0 spiro atoms. The highest BCUT2D eigenvalue weighted by atomic mass is 15.2. The van der Waals surface area contributed by atoms with Gasteiger partial charge >= 0.3 is 0 Å². The van der Waals surface area contributed by atoms with Crippen LogP contribution in [0.3, 0.4) is 0 Å². The number of anilines is 1. The number of nitrogens with one attached hydrogen (secondary N) is 1. The summed E-state index contributed by atoms with van der Waals surface area (Å²) in [6.07, 6.45) is 6.97. The van der Waals surface area contributed by atoms with Crippen LogP contribution in [0, 0.1) is 6.92 Å². The monoisotopic (exact) mass is 255 g/mol. The number of aryl methyl sites for hydroxylation is 2. The number of hydrogen-bond donors (Lipinski definition) is 1. The van der Waals surface area contributed by atoms with E-state index in [0.29, 0.717) is 6.04 Å². The van der Waals surface area contributed by atoms with Crippen molar-refractivity contribution in [2.45, 2.75) is 45.6 Å². The van der Waals surface area contributed by atoms with E-state index in [4.69, 9.17) is 0 Å². The Morgan fingerprint density at radius 1 is 1.26 bits per heavy atom. The summed E-state index contributed by atoms with van der Waals surface area (Å²) in [4.78, 5) is 4.58. The lowest BCUT2D eigenvalue weighted by Gasteiger charge is -2.09. The van der Waals surface area contributed by atoms with E-state index in [2.05, 4.69) is 52.3 Å². The van der Waals surface area contributed by atoms with Crippen LogP contribution in [-0.2, 0) is 6.42 Å². The Labute approximate surface area is 114 Å². The van der Waals surface area contributed by atoms with E-state index < -0.39 is 0 Å². The maximum absolute atomic E-state index is 4.58. The minimum absolute atomic E-state index is 0.625. The number of benzene rings is 1. The van der Waals surface area contributed by atoms with Crippen molar-refractivity contribution in [1.29, 1.82) is 0 Å². The molecule has 1 aliphatic carbocycles. The van der Waals surface area contributed by atoms with Gasteiger partial charge in [0, 0.05) is 17.9 Å². The van der Waals surface area contributed by atoms with Crippen molar-refractivity contribution >= 4 is 5.95 Å². The first-order valence-electron chi connectivity index (χ1n) is 7.18. The summed E-state index contributed by atoms with van der Waals surface area (Å²) in [5.41, 5.74) is 3.64. The third-order valence-electron chi connectivity index (χ3n) is 3.49. The van der Waals surface area contributed by atoms with Gasteiger partial charge in [0.1, 0.15) is 0 Å². The molecule has 100 valence electrons. The normalized spacial score (nSPS) is 14.6. The highest BCUT2D eigenvalue weighted by molar-refractivity contribution is 5.45. The standard InChI is InChI=1S/C16H21N3/c1-3-4-13-5-9-15(10-6-13)19-11-12(2)17-16(19)18-14-7-8-14/h5-6,9-11,14H,3-4,7-8H2,1-2H3,(H,17,18). The van der Waals surface area contributed by atoms with E-state index in [1.165, 1.54) is 30.5 Å². The first kappa shape index (κ1) is 12.3. The summed E-state index contributed by atoms with van der Waals surface area (Å²) < 4.78 is 2.16. The molecule has 1 fully saturated rings. The van der Waals surface area contributed by atoms with Crippen molar-refractivity contribution in [3.05, 3.63) is 41.7 Å². The van der Waals surface area contributed by atoms with Crippen molar-refractivity contribution in [2.24, 2.45) is 0 Å². The lowest BCUT2D eigenvalue weighted by atomic mass is 10.1. The summed E-state index contributed by atoms with van der Waals surface area (Å²) in [7, 11) is 0. The average Bonchev–Trinajstić information content (AvgIpc) is 3.13. The van der Waals surface area contributed by atoms with Gasteiger partial charge in [0.25, 0.3) is 0 Å². The van der Waals surface area contributed by atoms with Gasteiger partial charge in [0.15, 0.2) is 0 Å². The zero-order chi connectivity index (χ0) is 13.2. The lowest BCUT2D eigenvalue weighted by Crippen LogP contribution is -2.07. The minimum Gasteiger partial charge on any atom is -0.353 e. The summed E-state index contributed by atoms with van der Waals surface area (Å²) >= 11 is 0. The van der Waals surface area contributed by atoms with Gasteiger partial charge < -0.3 is 5.32 Å². The molecule has 3 rings (SSSR count). The van der Waals surface area contributed by atoms with Crippen LogP contribution in [0.15, 0.2) is 30.5 Å². The molecule has 0 saturated heterocycles. The molecule has 1 N–H and O–H groups in total. The second-order valence-corrected chi connectivity index (χ2v) is 5.41. The predicted octanol–water partition coefficient (Wildman–Crippen LogP) is 3.71. The fourth-order valence-electron chi connectivity index (χ4n) is 2.32. The summed E-state index contributed by atoms with van der Waals surface area (Å²) in [5, 5.41) is 3.50. The highest BCUT2D eigenvalue weighted by Crippen LogP contribution is 2.26. The lowest BCUT2D eigenvalue weighted by molar-refractivity contribution is 0.919. The van der Waals surface area contributed by atoms with Crippen molar-refractivity contribution in [2.75, 3.05) is 5.32 Å². The molecule has 1 aliphatic rings. The quantitative estimate of drug-likeness (QED) is 0.882. The summed E-state index contributed by atoms with van der Waals surface area (Å²) in [6, 6.07) is 9.43. The second-order valence-electron chi connectivity index (χ2n) is 5.41. The molecule has 0 radical (unpaired) electrons. The van der Waals surface area contributed by atoms with Crippen LogP contribution in [0.25, 0.3) is 5.69 Å². The van der Waals surface area contributed by atoms with Crippen LogP contribution in [0.1, 0.15) is 37.4 Å². The average molecular weight is 255 g/mol. The molecule has 0 bridgehead atoms. The first-order chi connectivity index (χ1) is 9.26. The number of nitrogens with zero attached hydrogens (tertiary/aromatic N) is 2. The molecular weight excluding hydrogens is 234 g/mol. The molecule has 0 amide bonds. The van der Waals surface area contributed by atoms with Crippen LogP contribution >= 0.6 is 0 Å². The van der Waals surface area contributed by atoms with Crippen LogP contribution in [0.2, 0.25) is 0 Å². The third-order valence-corrected chi connectivity index (χ3v) is 3.49. The van der Waals surface area contributed by atoms with E-state index in [9.17, 15) is 0 Å². The number of rotatable bonds is 5. The Morgan fingerprint density at radius 3 is 2.63 bits per heavy atom. The van der Waals surface area contributed by atoms with Gasteiger partial charge in [-0.3, -0.25) is 4.57 Å². The topological polar surface area (TPSA) is 29.9 Å². The van der Waals surface area contributed by atoms with Crippen molar-refractivity contribution < 1.29 is 0 Å². The molecule has 1 aromatic heterocycles. The van der Waals surface area contributed by atoms with Crippen LogP contribution in [-0.4, -0.2) is 15.6 Å². The molecule has 1 aromatic carbocycles. The molecule has 0 atom stereocenters. The third kappa shape index (κ3) is 2.80. The van der Waals surface area contributed by atoms with Crippen LogP contribution < -0.4 is 5.32 Å². The molecule has 0 aliphatic heterocycles. The Morgan fingerprint density at radius 2 is 2.00 bits per heavy atom. The van der Waals surface area contributed by atoms with Crippen LogP contribution in [0.4, 0.5) is 5.95 Å². The van der Waals surface area contributed by atoms with Gasteiger partial charge in [-0.1, -0.05) is 25.5 Å². The van der Waals surface area contributed by atoms with Crippen molar-refractivity contribution in [3.63, 3.8) is 0 Å². The van der Waals surface area contributed by atoms with Crippen LogP contribution in [0.5, 0.6) is 0 Å². The molecular formula is C16H21N3. The first-order valence-corrected chi connectivity index (χ1v) is 7.18. The number of aromatic nitrogens is 2. The largest absolute Gasteiger partial charge is 0.353 e. The van der Waals surface area contributed by atoms with E-state index in [-0.39, 0.29) is 0 Å². The van der Waals surface area contributed by atoms with Gasteiger partial charge in [-0.05, 0) is 43.9 Å². The Hall–Kier alpha value is -1.77. The Balaban J connectivity index is 1.87. The molecule has 2 aromatic rings. The fourth-order valence-corrected chi connectivity index (χ4v) is 2.32. The molecule has 1 saturated carbocycles. The predicted molar refractivity (Wildman–Crippen MR) is 78.9 cm³/mol. The maximum atomic E-state index is 4.58. The van der Waals surface area contributed by atoms with E-state index in [1.54, 1.807) is 0 Å². The van der Waals surface area contributed by atoms with Gasteiger partial charge in [-0.25, -0.2) is 4.98 Å². The molecule has 3 nitrogen and oxygen atoms in total. The van der Waals surface area contributed by atoms with E-state index >= 15 is 0 Å². The molecule has 0 unspecified atom stereocenters. The second kappa shape index (κ2) is 5.08. The van der Waals surface area contributed by atoms with Crippen molar-refractivity contribution in [1.82, 2.24) is 9.55 Å². The van der Waals surface area contributed by atoms with Crippen molar-refractivity contribution in [3.8, 4) is 5.69 Å². The molecule has 3 heteroatoms. The van der Waals surface area contributed by atoms with Gasteiger partial charge in [0.2, 0.25) is 5.95 Å². The zero-order valence-corrected chi connectivity index (χ0v) is 11.7. The van der Waals surface area contributed by atoms with Gasteiger partial charge in [0.05, 0.1) is 5.69 Å². The molecule has 1 heterocycles. The Kier molecular flexibility index (Phi) is 3.28. The Bertz CT molecular complexity index is 550. The number of hydrogen-bond acceptors (Lipinski definition) is 2. The maximum Gasteiger partial charge on any atom is 0.207 e. The summed E-state index contributed by atoms with van der Waals surface area (Å²) in [5.74, 6) is 0.975. The van der Waals surface area contributed by atoms with E-state index in [1.807, 2.05) is 6.92 Å². The van der Waals surface area contributed by atoms with Gasteiger partial charge in [-0.2, -0.15) is 0 Å². The van der Waals surface area contributed by atoms with E-state index in [0.717, 1.165) is 18.1 Å². The fraction of sp³-hybridized carbons (Fsp3) is 0.438. The number of imidazole rings is 1. The summed E-state index contributed by atoms with van der Waals surface area (Å²) in [6.45, 7) is 4.25.